The van der Waals surface area contributed by atoms with Crippen LogP contribution in [-0.4, -0.2) is 36.0 Å². The molecule has 4 rings (SSSR count). The Morgan fingerprint density at radius 3 is 3.04 bits per heavy atom. The molecular weight excluding hydrogens is 330 g/mol. The molecule has 3 aromatic heterocycles. The molecule has 0 saturated heterocycles. The van der Waals surface area contributed by atoms with Gasteiger partial charge in [-0.1, -0.05) is 19.0 Å². The monoisotopic (exact) mass is 355 g/mol. The number of aromatic nitrogens is 6. The number of nitrogens with zero attached hydrogens (tertiary/aromatic N) is 6. The molecule has 0 aromatic carbocycles. The van der Waals surface area contributed by atoms with Crippen LogP contribution in [0.25, 0.3) is 11.5 Å². The van der Waals surface area contributed by atoms with E-state index in [4.69, 9.17) is 9.62 Å². The van der Waals surface area contributed by atoms with Crippen molar-refractivity contribution in [2.75, 3.05) is 6.54 Å². The maximum atomic E-state index is 5.49. The molecule has 1 aliphatic heterocycles. The van der Waals surface area contributed by atoms with E-state index in [1.807, 2.05) is 17.7 Å². The third-order valence-corrected chi connectivity index (χ3v) is 4.64. The average Bonchev–Trinajstić information content (AvgIpc) is 3.31. The molecule has 0 fully saturated rings. The maximum Gasteiger partial charge on any atom is 0.249 e. The Kier molecular flexibility index (Phi) is 4.58. The molecule has 0 spiro atoms. The van der Waals surface area contributed by atoms with E-state index in [9.17, 15) is 0 Å². The van der Waals surface area contributed by atoms with E-state index in [1.165, 1.54) is 5.69 Å². The molecule has 8 heteroatoms. The Morgan fingerprint density at radius 1 is 1.31 bits per heavy atom. The fraction of sp³-hybridized carbons (Fsp3) is 0.556. The molecule has 0 unspecified atom stereocenters. The first-order valence-corrected chi connectivity index (χ1v) is 9.25. The number of imidazole rings is 1. The normalized spacial score (nSPS) is 15.8. The van der Waals surface area contributed by atoms with Crippen LogP contribution in [0.1, 0.15) is 50.6 Å². The van der Waals surface area contributed by atoms with E-state index >= 15 is 0 Å². The molecule has 1 N–H and O–H groups in total. The van der Waals surface area contributed by atoms with Crippen LogP contribution in [-0.2, 0) is 19.5 Å². The number of rotatable bonds is 5. The van der Waals surface area contributed by atoms with Crippen LogP contribution in [0.5, 0.6) is 0 Å². The fourth-order valence-electron chi connectivity index (χ4n) is 3.30. The van der Waals surface area contributed by atoms with Crippen LogP contribution < -0.4 is 5.32 Å². The van der Waals surface area contributed by atoms with Crippen molar-refractivity contribution in [3.63, 3.8) is 0 Å². The van der Waals surface area contributed by atoms with E-state index in [1.54, 1.807) is 6.20 Å². The van der Waals surface area contributed by atoms with Crippen molar-refractivity contribution in [1.82, 2.24) is 34.8 Å². The molecule has 3 aromatic rings. The summed E-state index contributed by atoms with van der Waals surface area (Å²) in [6.45, 7) is 9.13. The summed E-state index contributed by atoms with van der Waals surface area (Å²) < 4.78 is 9.61. The van der Waals surface area contributed by atoms with Crippen molar-refractivity contribution in [1.29, 1.82) is 0 Å². The van der Waals surface area contributed by atoms with Crippen LogP contribution in [0.3, 0.4) is 0 Å². The van der Waals surface area contributed by atoms with Gasteiger partial charge >= 0.3 is 0 Å². The SMILES string of the molecule is CC(C)Cc1noc([C@@H](C)n2ccnc2-c2cc3n(n2)CCCNC3)n1. The predicted molar refractivity (Wildman–Crippen MR) is 96.4 cm³/mol. The average molecular weight is 355 g/mol. The zero-order chi connectivity index (χ0) is 18.1. The Bertz CT molecular complexity index is 852. The van der Waals surface area contributed by atoms with Gasteiger partial charge in [0.05, 0.1) is 5.69 Å². The summed E-state index contributed by atoms with van der Waals surface area (Å²) in [4.78, 5) is 9.09. The molecule has 1 aliphatic rings. The van der Waals surface area contributed by atoms with Crippen LogP contribution in [0.15, 0.2) is 23.0 Å². The highest BCUT2D eigenvalue weighted by Crippen LogP contribution is 2.25. The van der Waals surface area contributed by atoms with Gasteiger partial charge in [-0.15, -0.1) is 0 Å². The highest BCUT2D eigenvalue weighted by atomic mass is 16.5. The first-order valence-electron chi connectivity index (χ1n) is 9.25. The first-order chi connectivity index (χ1) is 12.6. The van der Waals surface area contributed by atoms with Gasteiger partial charge in [-0.05, 0) is 31.9 Å². The highest BCUT2D eigenvalue weighted by Gasteiger charge is 2.22. The van der Waals surface area contributed by atoms with E-state index in [0.29, 0.717) is 11.8 Å². The lowest BCUT2D eigenvalue weighted by Gasteiger charge is -2.11. The van der Waals surface area contributed by atoms with Gasteiger partial charge < -0.3 is 14.4 Å². The van der Waals surface area contributed by atoms with Crippen LogP contribution in [0, 0.1) is 5.92 Å². The highest BCUT2D eigenvalue weighted by molar-refractivity contribution is 5.51. The van der Waals surface area contributed by atoms with Crippen LogP contribution >= 0.6 is 0 Å². The standard InChI is InChI=1S/C18H25N7O/c1-12(2)9-16-21-18(26-23-16)13(3)24-8-6-20-17(24)15-10-14-11-19-5-4-7-25(14)22-15/h6,8,10,12-13,19H,4-5,7,9,11H2,1-3H3/t13-/m1/s1. The van der Waals surface area contributed by atoms with Gasteiger partial charge in [-0.3, -0.25) is 4.68 Å². The third-order valence-electron chi connectivity index (χ3n) is 4.64. The Morgan fingerprint density at radius 2 is 2.19 bits per heavy atom. The minimum absolute atomic E-state index is 0.0967. The molecule has 138 valence electrons. The fourth-order valence-corrected chi connectivity index (χ4v) is 3.30. The Balaban J connectivity index is 1.61. The van der Waals surface area contributed by atoms with Crippen molar-refractivity contribution in [3.05, 3.63) is 35.9 Å². The summed E-state index contributed by atoms with van der Waals surface area (Å²) in [5.74, 6) is 2.67. The zero-order valence-electron chi connectivity index (χ0n) is 15.5. The second-order valence-electron chi connectivity index (χ2n) is 7.26. The Hall–Kier alpha value is -2.48. The van der Waals surface area contributed by atoms with Crippen molar-refractivity contribution >= 4 is 0 Å². The third kappa shape index (κ3) is 3.29. The van der Waals surface area contributed by atoms with Gasteiger partial charge in [0.1, 0.15) is 11.7 Å². The lowest BCUT2D eigenvalue weighted by atomic mass is 10.1. The summed E-state index contributed by atoms with van der Waals surface area (Å²) in [5, 5.41) is 12.3. The van der Waals surface area contributed by atoms with Crippen molar-refractivity contribution in [2.24, 2.45) is 5.92 Å². The summed E-state index contributed by atoms with van der Waals surface area (Å²) in [6, 6.07) is 2.02. The summed E-state index contributed by atoms with van der Waals surface area (Å²) in [5.41, 5.74) is 2.07. The summed E-state index contributed by atoms with van der Waals surface area (Å²) in [6.07, 6.45) is 5.63. The lowest BCUT2D eigenvalue weighted by molar-refractivity contribution is 0.341. The van der Waals surface area contributed by atoms with Crippen molar-refractivity contribution in [3.8, 4) is 11.5 Å². The van der Waals surface area contributed by atoms with Crippen molar-refractivity contribution in [2.45, 2.75) is 52.7 Å². The lowest BCUT2D eigenvalue weighted by Crippen LogP contribution is -2.11. The Labute approximate surface area is 152 Å². The summed E-state index contributed by atoms with van der Waals surface area (Å²) >= 11 is 0. The van der Waals surface area contributed by atoms with Gasteiger partial charge in [0, 0.05) is 31.9 Å². The van der Waals surface area contributed by atoms with Gasteiger partial charge in [0.25, 0.3) is 0 Å². The molecule has 0 radical (unpaired) electrons. The number of hydrogen-bond acceptors (Lipinski definition) is 6. The van der Waals surface area contributed by atoms with Crippen LogP contribution in [0.4, 0.5) is 0 Å². The molecule has 0 aliphatic carbocycles. The molecule has 26 heavy (non-hydrogen) atoms. The minimum Gasteiger partial charge on any atom is -0.337 e. The van der Waals surface area contributed by atoms with Gasteiger partial charge in [-0.2, -0.15) is 10.1 Å². The second kappa shape index (κ2) is 7.03. The van der Waals surface area contributed by atoms with E-state index in [0.717, 1.165) is 49.8 Å². The minimum atomic E-state index is -0.0967. The molecule has 8 nitrogen and oxygen atoms in total. The van der Waals surface area contributed by atoms with Gasteiger partial charge in [0.2, 0.25) is 5.89 Å². The molecule has 0 bridgehead atoms. The predicted octanol–water partition coefficient (Wildman–Crippen LogP) is 2.43. The molecular formula is C18H25N7O. The largest absolute Gasteiger partial charge is 0.337 e. The van der Waals surface area contributed by atoms with Gasteiger partial charge in [0.15, 0.2) is 11.6 Å². The molecule has 0 saturated carbocycles. The molecule has 1 atom stereocenters. The molecule has 0 amide bonds. The zero-order valence-corrected chi connectivity index (χ0v) is 15.5. The van der Waals surface area contributed by atoms with Gasteiger partial charge in [-0.25, -0.2) is 4.98 Å². The van der Waals surface area contributed by atoms with E-state index < -0.39 is 0 Å². The molecule has 4 heterocycles. The number of fused-ring (bicyclic) bond motifs is 1. The quantitative estimate of drug-likeness (QED) is 0.756. The van der Waals surface area contributed by atoms with Crippen LogP contribution in [0.2, 0.25) is 0 Å². The van der Waals surface area contributed by atoms with E-state index in [2.05, 4.69) is 45.0 Å². The number of aryl methyl sites for hydroxylation is 1. The smallest absolute Gasteiger partial charge is 0.249 e. The van der Waals surface area contributed by atoms with Crippen molar-refractivity contribution < 1.29 is 4.52 Å². The second-order valence-corrected chi connectivity index (χ2v) is 7.26. The summed E-state index contributed by atoms with van der Waals surface area (Å²) in [7, 11) is 0. The maximum absolute atomic E-state index is 5.49. The number of nitrogens with one attached hydrogen (secondary N) is 1. The van der Waals surface area contributed by atoms with E-state index in [-0.39, 0.29) is 6.04 Å². The first kappa shape index (κ1) is 17.0. The number of hydrogen-bond donors (Lipinski definition) is 1. The topological polar surface area (TPSA) is 86.6 Å².